The summed E-state index contributed by atoms with van der Waals surface area (Å²) < 4.78 is 18.4. The lowest BCUT2D eigenvalue weighted by molar-refractivity contribution is -0.117. The molecule has 1 aromatic rings. The van der Waals surface area contributed by atoms with E-state index < -0.39 is 0 Å². The minimum Gasteiger partial charge on any atom is -0.379 e. The van der Waals surface area contributed by atoms with E-state index in [9.17, 15) is 9.18 Å². The normalized spacial score (nSPS) is 19.0. The largest absolute Gasteiger partial charge is 0.379 e. The molecule has 0 aromatic heterocycles. The number of ether oxygens (including phenoxy) is 1. The van der Waals surface area contributed by atoms with E-state index in [1.165, 1.54) is 18.2 Å². The van der Waals surface area contributed by atoms with Gasteiger partial charge in [-0.3, -0.25) is 9.69 Å². The third kappa shape index (κ3) is 4.93. The molecule has 2 rings (SSSR count). The molecule has 0 radical (unpaired) electrons. The highest BCUT2D eigenvalue weighted by atomic mass is 19.1. The molecule has 1 saturated heterocycles. The number of amides is 1. The molecule has 22 heavy (non-hydrogen) atoms. The molecule has 0 spiro atoms. The summed E-state index contributed by atoms with van der Waals surface area (Å²) >= 11 is 0. The zero-order chi connectivity index (χ0) is 15.9. The zero-order valence-corrected chi connectivity index (χ0v) is 13.1. The fourth-order valence-corrected chi connectivity index (χ4v) is 2.48. The van der Waals surface area contributed by atoms with E-state index >= 15 is 0 Å². The Morgan fingerprint density at radius 3 is 2.77 bits per heavy atom. The number of nitrogens with one attached hydrogen (secondary N) is 1. The maximum Gasteiger partial charge on any atom is 0.244 e. The van der Waals surface area contributed by atoms with Gasteiger partial charge in [0.1, 0.15) is 5.82 Å². The molecule has 1 N–H and O–H groups in total. The smallest absolute Gasteiger partial charge is 0.244 e. The third-order valence-corrected chi connectivity index (χ3v) is 3.99. The van der Waals surface area contributed by atoms with E-state index in [4.69, 9.17) is 4.74 Å². The highest BCUT2D eigenvalue weighted by molar-refractivity contribution is 5.91. The van der Waals surface area contributed by atoms with Gasteiger partial charge in [-0.2, -0.15) is 0 Å². The van der Waals surface area contributed by atoms with Crippen LogP contribution >= 0.6 is 0 Å². The van der Waals surface area contributed by atoms with Crippen LogP contribution in [0.25, 0.3) is 6.08 Å². The molecule has 120 valence electrons. The summed E-state index contributed by atoms with van der Waals surface area (Å²) in [5, 5.41) is 2.96. The molecule has 1 heterocycles. The first-order chi connectivity index (χ1) is 10.6. The number of halogens is 1. The van der Waals surface area contributed by atoms with Crippen LogP contribution in [0.15, 0.2) is 30.3 Å². The molecule has 0 bridgehead atoms. The molecule has 1 amide bonds. The molecular formula is C17H23FN2O2. The molecule has 1 aliphatic heterocycles. The van der Waals surface area contributed by atoms with Crippen molar-refractivity contribution in [3.05, 3.63) is 41.7 Å². The predicted molar refractivity (Wildman–Crippen MR) is 84.9 cm³/mol. The van der Waals surface area contributed by atoms with Gasteiger partial charge in [0.05, 0.1) is 13.2 Å². The van der Waals surface area contributed by atoms with Crippen LogP contribution in [0.4, 0.5) is 4.39 Å². The molecule has 1 fully saturated rings. The number of rotatable bonds is 5. The van der Waals surface area contributed by atoms with Gasteiger partial charge in [-0.15, -0.1) is 0 Å². The number of hydrogen-bond donors (Lipinski definition) is 1. The van der Waals surface area contributed by atoms with Crippen LogP contribution in [0.1, 0.15) is 19.4 Å². The second kappa shape index (κ2) is 8.06. The molecule has 4 nitrogen and oxygen atoms in total. The lowest BCUT2D eigenvalue weighted by Crippen LogP contribution is -2.51. The van der Waals surface area contributed by atoms with Gasteiger partial charge < -0.3 is 10.1 Å². The number of carbonyl (C=O) groups is 1. The molecule has 1 aromatic carbocycles. The monoisotopic (exact) mass is 306 g/mol. The first kappa shape index (κ1) is 16.6. The molecule has 2 unspecified atom stereocenters. The van der Waals surface area contributed by atoms with Crippen molar-refractivity contribution >= 4 is 12.0 Å². The number of carbonyl (C=O) groups excluding carboxylic acids is 1. The van der Waals surface area contributed by atoms with Gasteiger partial charge in [0.2, 0.25) is 5.91 Å². The average Bonchev–Trinajstić information content (AvgIpc) is 2.53. The Morgan fingerprint density at radius 1 is 1.36 bits per heavy atom. The van der Waals surface area contributed by atoms with Crippen LogP contribution in [0.5, 0.6) is 0 Å². The highest BCUT2D eigenvalue weighted by Crippen LogP contribution is 2.08. The van der Waals surface area contributed by atoms with Gasteiger partial charge in [0, 0.05) is 31.2 Å². The molecular weight excluding hydrogens is 283 g/mol. The van der Waals surface area contributed by atoms with Crippen molar-refractivity contribution in [2.45, 2.75) is 25.9 Å². The van der Waals surface area contributed by atoms with Gasteiger partial charge in [-0.1, -0.05) is 12.1 Å². The Morgan fingerprint density at radius 2 is 2.09 bits per heavy atom. The van der Waals surface area contributed by atoms with Crippen LogP contribution in [-0.2, 0) is 9.53 Å². The van der Waals surface area contributed by atoms with E-state index in [1.807, 2.05) is 6.92 Å². The average molecular weight is 306 g/mol. The van der Waals surface area contributed by atoms with Crippen LogP contribution in [-0.4, -0.2) is 49.2 Å². The molecule has 0 aliphatic carbocycles. The zero-order valence-electron chi connectivity index (χ0n) is 13.1. The summed E-state index contributed by atoms with van der Waals surface area (Å²) in [6.45, 7) is 7.36. The van der Waals surface area contributed by atoms with Crippen molar-refractivity contribution in [1.29, 1.82) is 0 Å². The summed E-state index contributed by atoms with van der Waals surface area (Å²) in [5.41, 5.74) is 0.670. The van der Waals surface area contributed by atoms with Crippen molar-refractivity contribution in [1.82, 2.24) is 10.2 Å². The number of benzene rings is 1. The topological polar surface area (TPSA) is 41.6 Å². The second-order valence-electron chi connectivity index (χ2n) is 5.57. The van der Waals surface area contributed by atoms with E-state index in [0.717, 1.165) is 26.3 Å². The first-order valence-electron chi connectivity index (χ1n) is 7.62. The third-order valence-electron chi connectivity index (χ3n) is 3.99. The fraction of sp³-hybridized carbons (Fsp3) is 0.471. The molecule has 0 saturated carbocycles. The van der Waals surface area contributed by atoms with Crippen molar-refractivity contribution in [2.75, 3.05) is 26.3 Å². The Balaban J connectivity index is 1.85. The Hall–Kier alpha value is -1.72. The maximum absolute atomic E-state index is 13.1. The van der Waals surface area contributed by atoms with Gasteiger partial charge in [0.15, 0.2) is 0 Å². The SMILES string of the molecule is CC(NC(=O)C=Cc1cccc(F)c1)C(C)N1CCOCC1. The van der Waals surface area contributed by atoms with Crippen LogP contribution in [0.3, 0.4) is 0 Å². The predicted octanol–water partition coefficient (Wildman–Crippen LogP) is 2.06. The quantitative estimate of drug-likeness (QED) is 0.847. The Kier molecular flexibility index (Phi) is 6.10. The minimum absolute atomic E-state index is 0.0303. The minimum atomic E-state index is -0.308. The molecule has 1 aliphatic rings. The van der Waals surface area contributed by atoms with Crippen LogP contribution in [0.2, 0.25) is 0 Å². The lowest BCUT2D eigenvalue weighted by Gasteiger charge is -2.35. The van der Waals surface area contributed by atoms with Gasteiger partial charge in [-0.05, 0) is 37.6 Å². The first-order valence-corrected chi connectivity index (χ1v) is 7.62. The van der Waals surface area contributed by atoms with Crippen molar-refractivity contribution in [3.63, 3.8) is 0 Å². The summed E-state index contributed by atoms with van der Waals surface area (Å²) in [4.78, 5) is 14.3. The van der Waals surface area contributed by atoms with Gasteiger partial charge >= 0.3 is 0 Å². The van der Waals surface area contributed by atoms with Gasteiger partial charge in [0.25, 0.3) is 0 Å². The van der Waals surface area contributed by atoms with Crippen molar-refractivity contribution in [3.8, 4) is 0 Å². The van der Waals surface area contributed by atoms with E-state index in [2.05, 4.69) is 17.1 Å². The highest BCUT2D eigenvalue weighted by Gasteiger charge is 2.22. The number of nitrogens with zero attached hydrogens (tertiary/aromatic N) is 1. The van der Waals surface area contributed by atoms with Crippen LogP contribution in [0, 0.1) is 5.82 Å². The Labute approximate surface area is 131 Å². The summed E-state index contributed by atoms with van der Waals surface area (Å²) in [6.07, 6.45) is 3.06. The number of morpholine rings is 1. The maximum atomic E-state index is 13.1. The van der Waals surface area contributed by atoms with Crippen LogP contribution < -0.4 is 5.32 Å². The van der Waals surface area contributed by atoms with Crippen molar-refractivity contribution in [2.24, 2.45) is 0 Å². The van der Waals surface area contributed by atoms with E-state index in [1.54, 1.807) is 18.2 Å². The summed E-state index contributed by atoms with van der Waals surface area (Å²) in [7, 11) is 0. The summed E-state index contributed by atoms with van der Waals surface area (Å²) in [5.74, 6) is -0.478. The van der Waals surface area contributed by atoms with Crippen molar-refractivity contribution < 1.29 is 13.9 Å². The number of hydrogen-bond acceptors (Lipinski definition) is 3. The molecule has 5 heteroatoms. The summed E-state index contributed by atoms with van der Waals surface area (Å²) in [6, 6.07) is 6.42. The lowest BCUT2D eigenvalue weighted by atomic mass is 10.1. The van der Waals surface area contributed by atoms with E-state index in [-0.39, 0.29) is 23.8 Å². The standard InChI is InChI=1S/C17H23FN2O2/c1-13(14(2)20-8-10-22-11-9-20)19-17(21)7-6-15-4-3-5-16(18)12-15/h3-7,12-14H,8-11H2,1-2H3,(H,19,21). The fourth-order valence-electron chi connectivity index (χ4n) is 2.48. The van der Waals surface area contributed by atoms with E-state index in [0.29, 0.717) is 5.56 Å². The molecule has 2 atom stereocenters. The Bertz CT molecular complexity index is 527. The van der Waals surface area contributed by atoms with Gasteiger partial charge in [-0.25, -0.2) is 4.39 Å². The second-order valence-corrected chi connectivity index (χ2v) is 5.57.